The monoisotopic (exact) mass is 187 g/mol. The lowest BCUT2D eigenvalue weighted by molar-refractivity contribution is -0.0108. The van der Waals surface area contributed by atoms with Gasteiger partial charge in [-0.3, -0.25) is 0 Å². The van der Waals surface area contributed by atoms with Gasteiger partial charge in [-0.05, 0) is 23.8 Å². The van der Waals surface area contributed by atoms with Gasteiger partial charge in [0.25, 0.3) is 5.92 Å². The van der Waals surface area contributed by atoms with Crippen LogP contribution in [0.3, 0.4) is 0 Å². The van der Waals surface area contributed by atoms with E-state index in [9.17, 15) is 13.2 Å². The van der Waals surface area contributed by atoms with Crippen LogP contribution in [0.15, 0.2) is 18.2 Å². The molecule has 0 aliphatic carbocycles. The average Bonchev–Trinajstić information content (AvgIpc) is 2.02. The summed E-state index contributed by atoms with van der Waals surface area (Å²) >= 11 is 0. The second-order valence-corrected chi connectivity index (χ2v) is 3.11. The summed E-state index contributed by atoms with van der Waals surface area (Å²) in [5.74, 6) is -3.35. The van der Waals surface area contributed by atoms with E-state index >= 15 is 0 Å². The summed E-state index contributed by atoms with van der Waals surface area (Å²) < 4.78 is 39.0. The van der Waals surface area contributed by atoms with E-state index in [-0.39, 0.29) is 12.1 Å². The molecule has 0 fully saturated rings. The molecule has 13 heavy (non-hydrogen) atoms. The largest absolute Gasteiger partial charge is 0.307 e. The summed E-state index contributed by atoms with van der Waals surface area (Å²) in [6, 6.07) is 3.37. The van der Waals surface area contributed by atoms with E-state index in [1.165, 1.54) is 0 Å². The highest BCUT2D eigenvalue weighted by Gasteiger charge is 2.36. The summed E-state index contributed by atoms with van der Waals surface area (Å²) in [5, 5.41) is 2.54. The van der Waals surface area contributed by atoms with Gasteiger partial charge in [0, 0.05) is 12.1 Å². The van der Waals surface area contributed by atoms with Crippen molar-refractivity contribution in [1.29, 1.82) is 0 Å². The van der Waals surface area contributed by atoms with Gasteiger partial charge in [-0.1, -0.05) is 0 Å². The normalized spacial score (nSPS) is 19.6. The number of fused-ring (bicyclic) bond motifs is 1. The van der Waals surface area contributed by atoms with Crippen molar-refractivity contribution in [3.63, 3.8) is 0 Å². The topological polar surface area (TPSA) is 12.0 Å². The van der Waals surface area contributed by atoms with Crippen LogP contribution in [0.5, 0.6) is 0 Å². The first-order chi connectivity index (χ1) is 6.09. The molecule has 1 aliphatic rings. The van der Waals surface area contributed by atoms with Gasteiger partial charge in [0.15, 0.2) is 0 Å². The SMILES string of the molecule is Fc1ccc2c(c1)CNCC2(F)F. The molecule has 0 saturated heterocycles. The molecule has 1 nitrogen and oxygen atoms in total. The van der Waals surface area contributed by atoms with Crippen molar-refractivity contribution in [3.8, 4) is 0 Å². The van der Waals surface area contributed by atoms with Crippen molar-refractivity contribution in [2.24, 2.45) is 0 Å². The molecule has 2 rings (SSSR count). The van der Waals surface area contributed by atoms with Gasteiger partial charge in [0.2, 0.25) is 0 Å². The Kier molecular flexibility index (Phi) is 1.80. The number of benzene rings is 1. The molecular formula is C9H8F3N. The Bertz CT molecular complexity index is 336. The van der Waals surface area contributed by atoms with Crippen molar-refractivity contribution < 1.29 is 13.2 Å². The predicted octanol–water partition coefficient (Wildman–Crippen LogP) is 2.02. The van der Waals surface area contributed by atoms with Crippen LogP contribution >= 0.6 is 0 Å². The van der Waals surface area contributed by atoms with E-state index in [0.717, 1.165) is 18.2 Å². The molecule has 0 unspecified atom stereocenters. The van der Waals surface area contributed by atoms with E-state index in [2.05, 4.69) is 5.32 Å². The number of rotatable bonds is 0. The van der Waals surface area contributed by atoms with E-state index in [1.54, 1.807) is 0 Å². The van der Waals surface area contributed by atoms with Crippen LogP contribution in [0.1, 0.15) is 11.1 Å². The smallest absolute Gasteiger partial charge is 0.285 e. The molecule has 0 radical (unpaired) electrons. The fraction of sp³-hybridized carbons (Fsp3) is 0.333. The number of hydrogen-bond acceptors (Lipinski definition) is 1. The summed E-state index contributed by atoms with van der Waals surface area (Å²) in [6.07, 6.45) is 0. The molecule has 0 atom stereocenters. The molecule has 1 aromatic rings. The third-order valence-electron chi connectivity index (χ3n) is 2.12. The van der Waals surface area contributed by atoms with Crippen LogP contribution in [0.2, 0.25) is 0 Å². The van der Waals surface area contributed by atoms with Crippen molar-refractivity contribution in [2.45, 2.75) is 12.5 Å². The van der Waals surface area contributed by atoms with Gasteiger partial charge >= 0.3 is 0 Å². The van der Waals surface area contributed by atoms with Gasteiger partial charge < -0.3 is 5.32 Å². The molecular weight excluding hydrogens is 179 g/mol. The Morgan fingerprint density at radius 1 is 1.31 bits per heavy atom. The van der Waals surface area contributed by atoms with Crippen LogP contribution in [-0.4, -0.2) is 6.54 Å². The van der Waals surface area contributed by atoms with Gasteiger partial charge in [0.1, 0.15) is 5.82 Å². The lowest BCUT2D eigenvalue weighted by Crippen LogP contribution is -2.36. The number of hydrogen-bond donors (Lipinski definition) is 1. The second-order valence-electron chi connectivity index (χ2n) is 3.11. The van der Waals surface area contributed by atoms with E-state index in [1.807, 2.05) is 0 Å². The molecule has 70 valence electrons. The van der Waals surface area contributed by atoms with Crippen LogP contribution in [0.25, 0.3) is 0 Å². The molecule has 0 spiro atoms. The van der Waals surface area contributed by atoms with Crippen molar-refractivity contribution in [2.75, 3.05) is 6.54 Å². The van der Waals surface area contributed by atoms with E-state index in [0.29, 0.717) is 12.1 Å². The van der Waals surface area contributed by atoms with Crippen LogP contribution in [0.4, 0.5) is 13.2 Å². The molecule has 0 aromatic heterocycles. The van der Waals surface area contributed by atoms with Crippen LogP contribution in [-0.2, 0) is 12.5 Å². The average molecular weight is 187 g/mol. The third-order valence-corrected chi connectivity index (χ3v) is 2.12. The first-order valence-electron chi connectivity index (χ1n) is 3.97. The molecule has 4 heteroatoms. The Morgan fingerprint density at radius 3 is 2.85 bits per heavy atom. The molecule has 1 heterocycles. The van der Waals surface area contributed by atoms with Crippen LogP contribution in [0, 0.1) is 5.82 Å². The zero-order valence-corrected chi connectivity index (χ0v) is 6.78. The quantitative estimate of drug-likeness (QED) is 0.655. The zero-order chi connectivity index (χ0) is 9.47. The van der Waals surface area contributed by atoms with Gasteiger partial charge in [-0.15, -0.1) is 0 Å². The maximum atomic E-state index is 13.1. The molecule has 0 saturated carbocycles. The fourth-order valence-electron chi connectivity index (χ4n) is 1.51. The van der Waals surface area contributed by atoms with Crippen molar-refractivity contribution >= 4 is 0 Å². The lowest BCUT2D eigenvalue weighted by atomic mass is 9.98. The Labute approximate surface area is 73.6 Å². The van der Waals surface area contributed by atoms with Crippen molar-refractivity contribution in [1.82, 2.24) is 5.32 Å². The fourth-order valence-corrected chi connectivity index (χ4v) is 1.51. The minimum absolute atomic E-state index is 0.0624. The third kappa shape index (κ3) is 1.42. The second kappa shape index (κ2) is 2.73. The first-order valence-corrected chi connectivity index (χ1v) is 3.97. The highest BCUT2D eigenvalue weighted by molar-refractivity contribution is 5.33. The minimum atomic E-state index is -2.87. The highest BCUT2D eigenvalue weighted by atomic mass is 19.3. The number of halogens is 3. The molecule has 1 aromatic carbocycles. The number of nitrogens with one attached hydrogen (secondary N) is 1. The minimum Gasteiger partial charge on any atom is -0.307 e. The Balaban J connectivity index is 2.53. The van der Waals surface area contributed by atoms with Gasteiger partial charge in [0.05, 0.1) is 6.54 Å². The molecule has 0 amide bonds. The van der Waals surface area contributed by atoms with E-state index in [4.69, 9.17) is 0 Å². The number of alkyl halides is 2. The van der Waals surface area contributed by atoms with Gasteiger partial charge in [-0.2, -0.15) is 8.78 Å². The zero-order valence-electron chi connectivity index (χ0n) is 6.78. The summed E-state index contributed by atoms with van der Waals surface area (Å²) in [4.78, 5) is 0. The Morgan fingerprint density at radius 2 is 2.08 bits per heavy atom. The molecule has 0 bridgehead atoms. The first kappa shape index (κ1) is 8.56. The lowest BCUT2D eigenvalue weighted by Gasteiger charge is -2.25. The maximum absolute atomic E-state index is 13.1. The standard InChI is InChI=1S/C9H8F3N/c10-7-1-2-8-6(3-7)4-13-5-9(8,11)12/h1-3,13H,4-5H2. The summed E-state index contributed by atoms with van der Waals surface area (Å²) in [7, 11) is 0. The summed E-state index contributed by atoms with van der Waals surface area (Å²) in [5.41, 5.74) is 0.281. The Hall–Kier alpha value is -1.03. The van der Waals surface area contributed by atoms with Gasteiger partial charge in [-0.25, -0.2) is 4.39 Å². The van der Waals surface area contributed by atoms with E-state index < -0.39 is 11.7 Å². The molecule has 1 aliphatic heterocycles. The van der Waals surface area contributed by atoms with Crippen LogP contribution < -0.4 is 5.32 Å². The molecule has 1 N–H and O–H groups in total. The maximum Gasteiger partial charge on any atom is 0.285 e. The highest BCUT2D eigenvalue weighted by Crippen LogP contribution is 2.33. The van der Waals surface area contributed by atoms with Crippen molar-refractivity contribution in [3.05, 3.63) is 35.1 Å². The predicted molar refractivity (Wildman–Crippen MR) is 42.0 cm³/mol. The summed E-state index contributed by atoms with van der Waals surface area (Å²) in [6.45, 7) is -0.0612.